The van der Waals surface area contributed by atoms with Gasteiger partial charge in [-0.15, -0.1) is 0 Å². The molecule has 1 atom stereocenters. The normalized spacial score (nSPS) is 12.7. The van der Waals surface area contributed by atoms with Crippen LogP contribution in [0.4, 0.5) is 0 Å². The van der Waals surface area contributed by atoms with Gasteiger partial charge in [0.1, 0.15) is 13.2 Å². The summed E-state index contributed by atoms with van der Waals surface area (Å²) in [7, 11) is 0. The quantitative estimate of drug-likeness (QED) is 0.0262. The molecular formula is C63H108O6. The third-order valence-electron chi connectivity index (χ3n) is 12.3. The van der Waals surface area contributed by atoms with E-state index >= 15 is 0 Å². The van der Waals surface area contributed by atoms with Crippen molar-refractivity contribution in [2.24, 2.45) is 0 Å². The van der Waals surface area contributed by atoms with E-state index in [1.165, 1.54) is 128 Å². The zero-order chi connectivity index (χ0) is 50.0. The average Bonchev–Trinajstić information content (AvgIpc) is 3.35. The molecule has 0 saturated carbocycles. The van der Waals surface area contributed by atoms with Crippen molar-refractivity contribution in [3.63, 3.8) is 0 Å². The molecule has 396 valence electrons. The van der Waals surface area contributed by atoms with Gasteiger partial charge in [0, 0.05) is 19.3 Å². The van der Waals surface area contributed by atoms with Crippen LogP contribution in [0.25, 0.3) is 0 Å². The van der Waals surface area contributed by atoms with Gasteiger partial charge < -0.3 is 14.2 Å². The molecule has 0 aromatic carbocycles. The maximum Gasteiger partial charge on any atom is 0.306 e. The second kappa shape index (κ2) is 57.2. The summed E-state index contributed by atoms with van der Waals surface area (Å²) in [6, 6.07) is 0. The lowest BCUT2D eigenvalue weighted by Crippen LogP contribution is -2.30. The number of rotatable bonds is 52. The predicted octanol–water partition coefficient (Wildman–Crippen LogP) is 19.5. The topological polar surface area (TPSA) is 78.9 Å². The van der Waals surface area contributed by atoms with Gasteiger partial charge in [-0.2, -0.15) is 0 Å². The molecule has 0 amide bonds. The minimum atomic E-state index is -0.786. The summed E-state index contributed by atoms with van der Waals surface area (Å²) in [5.41, 5.74) is 0. The Bertz CT molecular complexity index is 1330. The largest absolute Gasteiger partial charge is 0.462 e. The fourth-order valence-electron chi connectivity index (χ4n) is 8.00. The Hall–Kier alpha value is -3.41. The first-order chi connectivity index (χ1) is 34.0. The first kappa shape index (κ1) is 65.6. The zero-order valence-electron chi connectivity index (χ0n) is 45.3. The zero-order valence-corrected chi connectivity index (χ0v) is 45.3. The molecule has 6 heteroatoms. The Morgan fingerprint density at radius 1 is 0.304 bits per heavy atom. The molecule has 69 heavy (non-hydrogen) atoms. The maximum absolute atomic E-state index is 12.8. The molecule has 0 radical (unpaired) electrons. The van der Waals surface area contributed by atoms with E-state index in [2.05, 4.69) is 106 Å². The van der Waals surface area contributed by atoms with Gasteiger partial charge >= 0.3 is 17.9 Å². The summed E-state index contributed by atoms with van der Waals surface area (Å²) in [5.74, 6) is -0.902. The third-order valence-corrected chi connectivity index (χ3v) is 12.3. The van der Waals surface area contributed by atoms with Crippen LogP contribution in [0.1, 0.15) is 278 Å². The van der Waals surface area contributed by atoms with Gasteiger partial charge in [0.15, 0.2) is 6.10 Å². The molecule has 1 unspecified atom stereocenters. The van der Waals surface area contributed by atoms with Gasteiger partial charge in [0.2, 0.25) is 0 Å². The fraction of sp³-hybridized carbons (Fsp3) is 0.730. The minimum Gasteiger partial charge on any atom is -0.462 e. The first-order valence-electron chi connectivity index (χ1n) is 29.1. The van der Waals surface area contributed by atoms with Gasteiger partial charge in [-0.3, -0.25) is 14.4 Å². The van der Waals surface area contributed by atoms with E-state index in [0.29, 0.717) is 19.3 Å². The van der Waals surface area contributed by atoms with Crippen molar-refractivity contribution >= 4 is 17.9 Å². The van der Waals surface area contributed by atoms with Crippen molar-refractivity contribution in [1.29, 1.82) is 0 Å². The summed E-state index contributed by atoms with van der Waals surface area (Å²) in [6.45, 7) is 6.44. The number of allylic oxidation sites excluding steroid dienone is 14. The van der Waals surface area contributed by atoms with Crippen molar-refractivity contribution in [1.82, 2.24) is 0 Å². The first-order valence-corrected chi connectivity index (χ1v) is 29.1. The van der Waals surface area contributed by atoms with Crippen molar-refractivity contribution in [3.05, 3.63) is 85.1 Å². The van der Waals surface area contributed by atoms with Gasteiger partial charge in [0.25, 0.3) is 0 Å². The Balaban J connectivity index is 4.30. The molecule has 0 aliphatic rings. The van der Waals surface area contributed by atoms with E-state index < -0.39 is 6.10 Å². The highest BCUT2D eigenvalue weighted by atomic mass is 16.6. The van der Waals surface area contributed by atoms with Crippen molar-refractivity contribution in [2.75, 3.05) is 13.2 Å². The molecule has 0 saturated heterocycles. The molecule has 0 fully saturated rings. The molecule has 0 heterocycles. The van der Waals surface area contributed by atoms with E-state index in [1.807, 2.05) is 0 Å². The Labute approximate surface area is 426 Å². The molecule has 0 aliphatic heterocycles. The Morgan fingerprint density at radius 2 is 0.594 bits per heavy atom. The standard InChI is InChI=1S/C63H108O6/c1-4-7-10-13-16-19-22-24-26-28-30-31-32-33-34-36-37-39-41-44-47-50-53-56-62(65)68-59-60(58-67-61(64)55-52-49-46-43-21-18-15-12-9-6-3)69-63(66)57-54-51-48-45-42-40-38-35-29-27-25-23-20-17-14-11-8-5-2/h7,10,12,15-16,19-20,23-24,26-27,29-31,60H,4-6,8-9,11,13-14,17-18,21-22,25,28,32-59H2,1-3H3/b10-7-,15-12-,19-16-,23-20-,26-24-,29-27-,31-30-. The number of unbranched alkanes of at least 4 members (excludes halogenated alkanes) is 27. The van der Waals surface area contributed by atoms with Crippen molar-refractivity contribution in [3.8, 4) is 0 Å². The molecule has 0 spiro atoms. The number of carbonyl (C=O) groups excluding carboxylic acids is 3. The molecule has 0 aliphatic carbocycles. The van der Waals surface area contributed by atoms with Crippen LogP contribution in [0.3, 0.4) is 0 Å². The van der Waals surface area contributed by atoms with Crippen LogP contribution in [0, 0.1) is 0 Å². The molecular weight excluding hydrogens is 853 g/mol. The van der Waals surface area contributed by atoms with Gasteiger partial charge in [-0.05, 0) is 109 Å². The van der Waals surface area contributed by atoms with Crippen molar-refractivity contribution in [2.45, 2.75) is 284 Å². The molecule has 0 aromatic rings. The molecule has 0 aromatic heterocycles. The number of hydrogen-bond donors (Lipinski definition) is 0. The van der Waals surface area contributed by atoms with E-state index in [9.17, 15) is 14.4 Å². The van der Waals surface area contributed by atoms with Crippen LogP contribution < -0.4 is 0 Å². The number of ether oxygens (including phenoxy) is 3. The highest BCUT2D eigenvalue weighted by Crippen LogP contribution is 2.15. The second-order valence-corrected chi connectivity index (χ2v) is 19.2. The molecule has 6 nitrogen and oxygen atoms in total. The van der Waals surface area contributed by atoms with E-state index in [4.69, 9.17) is 14.2 Å². The van der Waals surface area contributed by atoms with E-state index in [-0.39, 0.29) is 31.1 Å². The lowest BCUT2D eigenvalue weighted by Gasteiger charge is -2.18. The van der Waals surface area contributed by atoms with E-state index in [0.717, 1.165) is 109 Å². The van der Waals surface area contributed by atoms with Crippen LogP contribution in [0.5, 0.6) is 0 Å². The maximum atomic E-state index is 12.8. The summed E-state index contributed by atoms with van der Waals surface area (Å²) in [5, 5.41) is 0. The monoisotopic (exact) mass is 961 g/mol. The molecule has 0 bridgehead atoms. The van der Waals surface area contributed by atoms with Gasteiger partial charge in [-0.1, -0.05) is 234 Å². The number of carbonyl (C=O) groups is 3. The molecule has 0 rings (SSSR count). The summed E-state index contributed by atoms with van der Waals surface area (Å²) in [4.78, 5) is 38.1. The fourth-order valence-corrected chi connectivity index (χ4v) is 8.00. The van der Waals surface area contributed by atoms with Crippen LogP contribution in [-0.4, -0.2) is 37.2 Å². The van der Waals surface area contributed by atoms with Crippen molar-refractivity contribution < 1.29 is 28.6 Å². The van der Waals surface area contributed by atoms with Crippen LogP contribution in [0.2, 0.25) is 0 Å². The van der Waals surface area contributed by atoms with Crippen LogP contribution in [-0.2, 0) is 28.6 Å². The SMILES string of the molecule is CC/C=C\C/C=C\C/C=C\C/C=C\CCCCCCCCCCCCC(=O)OCC(COC(=O)CCCCCCC/C=C\CCC)OC(=O)CCCCCCCCC/C=C\C/C=C\CCCCCC. The highest BCUT2D eigenvalue weighted by Gasteiger charge is 2.19. The van der Waals surface area contributed by atoms with Crippen LogP contribution in [0.15, 0.2) is 85.1 Å². The lowest BCUT2D eigenvalue weighted by atomic mass is 10.1. The summed E-state index contributed by atoms with van der Waals surface area (Å²) < 4.78 is 16.8. The smallest absolute Gasteiger partial charge is 0.306 e. The summed E-state index contributed by atoms with van der Waals surface area (Å²) >= 11 is 0. The second-order valence-electron chi connectivity index (χ2n) is 19.2. The lowest BCUT2D eigenvalue weighted by molar-refractivity contribution is -0.167. The molecule has 0 N–H and O–H groups in total. The van der Waals surface area contributed by atoms with Crippen LogP contribution >= 0.6 is 0 Å². The number of esters is 3. The minimum absolute atomic E-state index is 0.0843. The Morgan fingerprint density at radius 3 is 0.957 bits per heavy atom. The number of hydrogen-bond acceptors (Lipinski definition) is 6. The summed E-state index contributed by atoms with van der Waals surface area (Å²) in [6.07, 6.45) is 74.4. The highest BCUT2D eigenvalue weighted by molar-refractivity contribution is 5.71. The Kier molecular flexibility index (Phi) is 54.3. The predicted molar refractivity (Wildman–Crippen MR) is 297 cm³/mol. The van der Waals surface area contributed by atoms with Gasteiger partial charge in [-0.25, -0.2) is 0 Å². The average molecular weight is 962 g/mol. The third kappa shape index (κ3) is 55.4. The van der Waals surface area contributed by atoms with Gasteiger partial charge in [0.05, 0.1) is 0 Å². The van der Waals surface area contributed by atoms with E-state index in [1.54, 1.807) is 0 Å².